The molecule has 0 amide bonds. The number of hydrogen-bond donors (Lipinski definition) is 1. The molecule has 1 aromatic heterocycles. The van der Waals surface area contributed by atoms with Gasteiger partial charge in [-0.1, -0.05) is 6.42 Å². The molecule has 1 N–H and O–H groups in total. The Morgan fingerprint density at radius 1 is 1.25 bits per heavy atom. The number of rotatable bonds is 9. The van der Waals surface area contributed by atoms with Gasteiger partial charge in [0.05, 0.1) is 12.2 Å². The van der Waals surface area contributed by atoms with Crippen LogP contribution in [0.3, 0.4) is 0 Å². The van der Waals surface area contributed by atoms with E-state index in [1.165, 1.54) is 16.8 Å². The lowest BCUT2D eigenvalue weighted by atomic mass is 9.83. The Bertz CT molecular complexity index is 760. The Morgan fingerprint density at radius 3 is 2.61 bits per heavy atom. The van der Waals surface area contributed by atoms with E-state index in [0.29, 0.717) is 25.8 Å². The van der Waals surface area contributed by atoms with Crippen LogP contribution in [0.1, 0.15) is 57.8 Å². The highest BCUT2D eigenvalue weighted by atomic mass is 16.6. The average molecular weight is 394 g/mol. The van der Waals surface area contributed by atoms with Gasteiger partial charge in [0.25, 0.3) is 5.56 Å². The minimum absolute atomic E-state index is 0.114. The van der Waals surface area contributed by atoms with Crippen molar-refractivity contribution in [3.05, 3.63) is 33.1 Å². The summed E-state index contributed by atoms with van der Waals surface area (Å²) in [7, 11) is 1.55. The van der Waals surface area contributed by atoms with E-state index in [1.54, 1.807) is 7.11 Å². The third-order valence-corrected chi connectivity index (χ3v) is 5.80. The first kappa shape index (κ1) is 20.8. The normalized spacial score (nSPS) is 20.3. The van der Waals surface area contributed by atoms with Gasteiger partial charge in [0.1, 0.15) is 6.61 Å². The first-order valence-electron chi connectivity index (χ1n) is 10.2. The van der Waals surface area contributed by atoms with Crippen LogP contribution in [0.5, 0.6) is 0 Å². The number of esters is 1. The Morgan fingerprint density at radius 2 is 2.00 bits per heavy atom. The number of hydrogen-bond acceptors (Lipinski definition) is 6. The summed E-state index contributed by atoms with van der Waals surface area (Å²) in [4.78, 5) is 38.0. The Kier molecular flexibility index (Phi) is 7.07. The van der Waals surface area contributed by atoms with Crippen LogP contribution in [0, 0.1) is 0 Å². The second-order valence-electron chi connectivity index (χ2n) is 7.77. The number of methoxy groups -OCH3 is 1. The van der Waals surface area contributed by atoms with E-state index < -0.39 is 16.9 Å². The van der Waals surface area contributed by atoms with Crippen molar-refractivity contribution in [3.8, 4) is 0 Å². The molecule has 2 fully saturated rings. The van der Waals surface area contributed by atoms with Crippen molar-refractivity contribution >= 4 is 5.97 Å². The lowest BCUT2D eigenvalue weighted by Gasteiger charge is -2.40. The zero-order valence-electron chi connectivity index (χ0n) is 16.5. The molecule has 1 atom stereocenters. The third kappa shape index (κ3) is 5.11. The van der Waals surface area contributed by atoms with Crippen molar-refractivity contribution in [1.82, 2.24) is 9.55 Å². The molecule has 2 aliphatic rings. The Balaban J connectivity index is 1.54. The van der Waals surface area contributed by atoms with E-state index in [2.05, 4.69) is 4.98 Å². The highest BCUT2D eigenvalue weighted by Gasteiger charge is 2.45. The number of carbonyl (C=O) groups excluding carboxylic acids is 1. The van der Waals surface area contributed by atoms with Crippen molar-refractivity contribution in [2.45, 2.75) is 82.1 Å². The topological polar surface area (TPSA) is 99.6 Å². The molecule has 156 valence electrons. The van der Waals surface area contributed by atoms with Gasteiger partial charge >= 0.3 is 11.7 Å². The van der Waals surface area contributed by atoms with Gasteiger partial charge in [0.15, 0.2) is 5.60 Å². The van der Waals surface area contributed by atoms with E-state index in [0.717, 1.165) is 38.5 Å². The van der Waals surface area contributed by atoms with Gasteiger partial charge < -0.3 is 18.8 Å². The maximum absolute atomic E-state index is 12.9. The average Bonchev–Trinajstić information content (AvgIpc) is 2.66. The SMILES string of the molecule is COC(CCn1ccc(=O)[nH]c1=O)COC(=O)C1(OC2CCC2)CCCCC1. The smallest absolute Gasteiger partial charge is 0.338 e. The number of aromatic amines is 1. The number of H-pyrrole nitrogens is 1. The number of nitrogens with one attached hydrogen (secondary N) is 1. The number of ether oxygens (including phenoxy) is 3. The molecule has 2 saturated carbocycles. The van der Waals surface area contributed by atoms with E-state index in [-0.39, 0.29) is 24.8 Å². The van der Waals surface area contributed by atoms with Crippen molar-refractivity contribution in [1.29, 1.82) is 0 Å². The molecule has 1 unspecified atom stereocenters. The van der Waals surface area contributed by atoms with Crippen LogP contribution in [-0.2, 0) is 25.5 Å². The molecule has 0 bridgehead atoms. The summed E-state index contributed by atoms with van der Waals surface area (Å²) < 4.78 is 18.6. The standard InChI is InChI=1S/C20H30N2O6/c1-26-16(8-12-22-13-9-17(23)21-19(22)25)14-27-18(24)20(10-3-2-4-11-20)28-15-6-5-7-15/h9,13,15-16H,2-8,10-12,14H2,1H3,(H,21,23,25). The first-order chi connectivity index (χ1) is 13.5. The molecule has 8 nitrogen and oxygen atoms in total. The van der Waals surface area contributed by atoms with Gasteiger partial charge in [0.2, 0.25) is 0 Å². The van der Waals surface area contributed by atoms with E-state index in [9.17, 15) is 14.4 Å². The second kappa shape index (κ2) is 9.52. The molecule has 3 rings (SSSR count). The quantitative estimate of drug-likeness (QED) is 0.641. The zero-order valence-corrected chi connectivity index (χ0v) is 16.5. The van der Waals surface area contributed by atoms with Gasteiger partial charge in [-0.05, 0) is 51.4 Å². The maximum Gasteiger partial charge on any atom is 0.338 e. The third-order valence-electron chi connectivity index (χ3n) is 5.80. The monoisotopic (exact) mass is 394 g/mol. The minimum Gasteiger partial charge on any atom is -0.461 e. The van der Waals surface area contributed by atoms with Crippen LogP contribution in [0.25, 0.3) is 0 Å². The number of aryl methyl sites for hydroxylation is 1. The Labute approximate surface area is 164 Å². The Hall–Kier alpha value is -1.93. The minimum atomic E-state index is -0.808. The molecular formula is C20H30N2O6. The van der Waals surface area contributed by atoms with E-state index in [1.807, 2.05) is 0 Å². The summed E-state index contributed by atoms with van der Waals surface area (Å²) in [5, 5.41) is 0. The number of carbonyl (C=O) groups is 1. The second-order valence-corrected chi connectivity index (χ2v) is 7.77. The fourth-order valence-corrected chi connectivity index (χ4v) is 3.77. The lowest BCUT2D eigenvalue weighted by Crippen LogP contribution is -2.49. The van der Waals surface area contributed by atoms with Crippen molar-refractivity contribution in [2.75, 3.05) is 13.7 Å². The molecule has 1 aromatic rings. The molecule has 0 spiro atoms. The van der Waals surface area contributed by atoms with Gasteiger partial charge in [-0.3, -0.25) is 9.78 Å². The highest BCUT2D eigenvalue weighted by molar-refractivity contribution is 5.79. The largest absolute Gasteiger partial charge is 0.461 e. The lowest BCUT2D eigenvalue weighted by molar-refractivity contribution is -0.195. The zero-order chi connectivity index (χ0) is 20.0. The van der Waals surface area contributed by atoms with Gasteiger partial charge in [0, 0.05) is 25.9 Å². The predicted octanol–water partition coefficient (Wildman–Crippen LogP) is 1.76. The molecule has 0 aliphatic heterocycles. The van der Waals surface area contributed by atoms with Crippen LogP contribution in [0.4, 0.5) is 0 Å². The summed E-state index contributed by atoms with van der Waals surface area (Å²) in [6.45, 7) is 0.471. The number of aromatic nitrogens is 2. The van der Waals surface area contributed by atoms with Gasteiger partial charge in [-0.25, -0.2) is 9.59 Å². The van der Waals surface area contributed by atoms with Crippen molar-refractivity contribution in [2.24, 2.45) is 0 Å². The molecule has 1 heterocycles. The van der Waals surface area contributed by atoms with E-state index in [4.69, 9.17) is 14.2 Å². The van der Waals surface area contributed by atoms with Gasteiger partial charge in [-0.2, -0.15) is 0 Å². The molecular weight excluding hydrogens is 364 g/mol. The summed E-state index contributed by atoms with van der Waals surface area (Å²) in [5.74, 6) is -0.289. The molecule has 0 saturated heterocycles. The number of nitrogens with zero attached hydrogens (tertiary/aromatic N) is 1. The molecule has 8 heteroatoms. The van der Waals surface area contributed by atoms with Crippen molar-refractivity contribution < 1.29 is 19.0 Å². The van der Waals surface area contributed by atoms with E-state index >= 15 is 0 Å². The van der Waals surface area contributed by atoms with Crippen LogP contribution < -0.4 is 11.2 Å². The highest BCUT2D eigenvalue weighted by Crippen LogP contribution is 2.37. The fourth-order valence-electron chi connectivity index (χ4n) is 3.77. The van der Waals surface area contributed by atoms with Crippen LogP contribution in [-0.4, -0.2) is 47.0 Å². The van der Waals surface area contributed by atoms with Crippen LogP contribution in [0.15, 0.2) is 21.9 Å². The van der Waals surface area contributed by atoms with Crippen molar-refractivity contribution in [3.63, 3.8) is 0 Å². The predicted molar refractivity (Wildman–Crippen MR) is 102 cm³/mol. The van der Waals surface area contributed by atoms with Crippen LogP contribution in [0.2, 0.25) is 0 Å². The molecule has 0 aromatic carbocycles. The summed E-state index contributed by atoms with van der Waals surface area (Å²) in [6, 6.07) is 1.30. The molecule has 0 radical (unpaired) electrons. The summed E-state index contributed by atoms with van der Waals surface area (Å²) >= 11 is 0. The maximum atomic E-state index is 12.9. The molecule has 2 aliphatic carbocycles. The fraction of sp³-hybridized carbons (Fsp3) is 0.750. The summed E-state index contributed by atoms with van der Waals surface area (Å²) in [5.41, 5.74) is -1.70. The molecule has 28 heavy (non-hydrogen) atoms. The summed E-state index contributed by atoms with van der Waals surface area (Å²) in [6.07, 6.45) is 9.46. The first-order valence-corrected chi connectivity index (χ1v) is 10.2. The van der Waals surface area contributed by atoms with Gasteiger partial charge in [-0.15, -0.1) is 0 Å². The van der Waals surface area contributed by atoms with Crippen LogP contribution >= 0.6 is 0 Å².